The van der Waals surface area contributed by atoms with Gasteiger partial charge in [-0.3, -0.25) is 5.32 Å². The number of amides is 2. The molecule has 0 saturated carbocycles. The van der Waals surface area contributed by atoms with Crippen LogP contribution < -0.4 is 20.7 Å². The van der Waals surface area contributed by atoms with E-state index in [9.17, 15) is 4.79 Å². The highest BCUT2D eigenvalue weighted by Crippen LogP contribution is 2.39. The summed E-state index contributed by atoms with van der Waals surface area (Å²) in [4.78, 5) is 20.7. The molecule has 0 spiro atoms. The standard InChI is InChI=1S/C24H23Cl3N6O2Si/c1-14-5-7-15(8-6-14)33-18(13-20(32-33)36(2,3)4)30-24(34)29-16-9-10-17(22(26)21(16)25)35-19-11-12-28-23(27)31-19/h5-13H,1-4H3,(H2,29,30,34). The zero-order valence-corrected chi connectivity index (χ0v) is 23.2. The average Bonchev–Trinajstić information content (AvgIpc) is 3.23. The Kier molecular flexibility index (Phi) is 7.56. The molecular formula is C24H23Cl3N6O2Si. The van der Waals surface area contributed by atoms with Gasteiger partial charge < -0.3 is 10.1 Å². The Labute approximate surface area is 224 Å². The second-order valence-corrected chi connectivity index (χ2v) is 15.1. The highest BCUT2D eigenvalue weighted by Gasteiger charge is 2.24. The van der Waals surface area contributed by atoms with Gasteiger partial charge in [0, 0.05) is 17.6 Å². The monoisotopic (exact) mass is 560 g/mol. The van der Waals surface area contributed by atoms with Crippen molar-refractivity contribution in [2.75, 3.05) is 10.6 Å². The molecule has 0 saturated heterocycles. The third-order valence-corrected chi connectivity index (χ3v) is 7.94. The number of carbonyl (C=O) groups excluding carboxylic acids is 1. The van der Waals surface area contributed by atoms with Gasteiger partial charge in [0.15, 0.2) is 0 Å². The van der Waals surface area contributed by atoms with Gasteiger partial charge in [-0.2, -0.15) is 10.1 Å². The van der Waals surface area contributed by atoms with Crippen molar-refractivity contribution in [2.45, 2.75) is 26.6 Å². The van der Waals surface area contributed by atoms with Gasteiger partial charge in [0.05, 0.1) is 16.4 Å². The molecule has 4 rings (SSSR count). The van der Waals surface area contributed by atoms with Gasteiger partial charge in [0.1, 0.15) is 24.7 Å². The van der Waals surface area contributed by atoms with Crippen molar-refractivity contribution in [3.05, 3.63) is 75.6 Å². The van der Waals surface area contributed by atoms with Gasteiger partial charge >= 0.3 is 6.03 Å². The third kappa shape index (κ3) is 5.99. The number of benzene rings is 2. The van der Waals surface area contributed by atoms with Crippen LogP contribution in [0, 0.1) is 6.92 Å². The number of anilines is 2. The molecule has 0 bridgehead atoms. The summed E-state index contributed by atoms with van der Waals surface area (Å²) in [5, 5.41) is 11.6. The fourth-order valence-electron chi connectivity index (χ4n) is 3.19. The van der Waals surface area contributed by atoms with Crippen molar-refractivity contribution < 1.29 is 9.53 Å². The van der Waals surface area contributed by atoms with Crippen molar-refractivity contribution in [3.8, 4) is 17.3 Å². The summed E-state index contributed by atoms with van der Waals surface area (Å²) in [6.45, 7) is 8.60. The fraction of sp³-hybridized carbons (Fsp3) is 0.167. The molecule has 12 heteroatoms. The van der Waals surface area contributed by atoms with Gasteiger partial charge in [0.2, 0.25) is 11.2 Å². The van der Waals surface area contributed by atoms with E-state index in [0.717, 1.165) is 16.6 Å². The fourth-order valence-corrected chi connectivity index (χ4v) is 4.70. The quantitative estimate of drug-likeness (QED) is 0.197. The zero-order chi connectivity index (χ0) is 26.0. The molecule has 2 N–H and O–H groups in total. The van der Waals surface area contributed by atoms with Crippen molar-refractivity contribution in [2.24, 2.45) is 0 Å². The highest BCUT2D eigenvalue weighted by atomic mass is 35.5. The summed E-state index contributed by atoms with van der Waals surface area (Å²) in [6.07, 6.45) is 1.45. The molecular weight excluding hydrogens is 539 g/mol. The second-order valence-electron chi connectivity index (χ2n) is 9.00. The molecule has 0 aliphatic heterocycles. The third-order valence-electron chi connectivity index (χ3n) is 5.11. The van der Waals surface area contributed by atoms with Gasteiger partial charge in [-0.05, 0) is 48.9 Å². The van der Waals surface area contributed by atoms with Crippen LogP contribution in [0.25, 0.3) is 5.69 Å². The Balaban J connectivity index is 1.55. The van der Waals surface area contributed by atoms with Crippen LogP contribution in [0.15, 0.2) is 54.7 Å². The van der Waals surface area contributed by atoms with E-state index in [2.05, 4.69) is 40.2 Å². The molecule has 0 unspecified atom stereocenters. The highest BCUT2D eigenvalue weighted by molar-refractivity contribution is 6.88. The number of aryl methyl sites for hydroxylation is 1. The van der Waals surface area contributed by atoms with E-state index in [1.807, 2.05) is 37.3 Å². The van der Waals surface area contributed by atoms with Gasteiger partial charge in [-0.25, -0.2) is 14.5 Å². The maximum atomic E-state index is 12.9. The van der Waals surface area contributed by atoms with Crippen molar-refractivity contribution >= 4 is 65.7 Å². The molecule has 4 aromatic rings. The number of rotatable bonds is 6. The zero-order valence-electron chi connectivity index (χ0n) is 19.9. The van der Waals surface area contributed by atoms with E-state index in [1.54, 1.807) is 16.8 Å². The minimum atomic E-state index is -1.74. The van der Waals surface area contributed by atoms with Crippen LogP contribution in [0.4, 0.5) is 16.3 Å². The lowest BCUT2D eigenvalue weighted by Crippen LogP contribution is -2.39. The lowest BCUT2D eigenvalue weighted by atomic mass is 10.2. The van der Waals surface area contributed by atoms with E-state index in [4.69, 9.17) is 44.6 Å². The Bertz CT molecular complexity index is 1420. The minimum Gasteiger partial charge on any atom is -0.437 e. The number of hydrogen-bond donors (Lipinski definition) is 2. The van der Waals surface area contributed by atoms with Crippen molar-refractivity contribution in [1.82, 2.24) is 19.7 Å². The SMILES string of the molecule is Cc1ccc(-n2nc([Si](C)(C)C)cc2NC(=O)Nc2ccc(Oc3ccnc(Cl)n3)c(Cl)c2Cl)cc1. The summed E-state index contributed by atoms with van der Waals surface area (Å²) in [7, 11) is -1.74. The smallest absolute Gasteiger partial charge is 0.324 e. The van der Waals surface area contributed by atoms with Crippen LogP contribution in [0.1, 0.15) is 5.56 Å². The molecule has 2 amide bonds. The maximum absolute atomic E-state index is 12.9. The van der Waals surface area contributed by atoms with Crippen molar-refractivity contribution in [1.29, 1.82) is 0 Å². The predicted molar refractivity (Wildman–Crippen MR) is 148 cm³/mol. The Morgan fingerprint density at radius 1 is 0.972 bits per heavy atom. The summed E-state index contributed by atoms with van der Waals surface area (Å²) in [5.41, 5.74) is 2.28. The molecule has 0 aliphatic carbocycles. The van der Waals surface area contributed by atoms with Gasteiger partial charge in [-0.15, -0.1) is 0 Å². The van der Waals surface area contributed by atoms with E-state index in [0.29, 0.717) is 11.5 Å². The molecule has 0 atom stereocenters. The number of ether oxygens (including phenoxy) is 1. The first-order valence-electron chi connectivity index (χ1n) is 10.9. The lowest BCUT2D eigenvalue weighted by Gasteiger charge is -2.13. The molecule has 2 aromatic heterocycles. The van der Waals surface area contributed by atoms with Crippen LogP contribution in [0.5, 0.6) is 11.6 Å². The van der Waals surface area contributed by atoms with Gasteiger partial charge in [0.25, 0.3) is 0 Å². The summed E-state index contributed by atoms with van der Waals surface area (Å²) >= 11 is 18.6. The normalized spacial score (nSPS) is 11.3. The number of urea groups is 1. The van der Waals surface area contributed by atoms with E-state index >= 15 is 0 Å². The number of hydrogen-bond acceptors (Lipinski definition) is 5. The average molecular weight is 562 g/mol. The molecule has 0 radical (unpaired) electrons. The van der Waals surface area contributed by atoms with Crippen LogP contribution in [0.2, 0.25) is 35.0 Å². The molecule has 36 heavy (non-hydrogen) atoms. The largest absolute Gasteiger partial charge is 0.437 e. The van der Waals surface area contributed by atoms with E-state index in [-0.39, 0.29) is 27.0 Å². The van der Waals surface area contributed by atoms with E-state index in [1.165, 1.54) is 12.3 Å². The first-order chi connectivity index (χ1) is 17.0. The lowest BCUT2D eigenvalue weighted by molar-refractivity contribution is 0.262. The molecule has 8 nitrogen and oxygen atoms in total. The summed E-state index contributed by atoms with van der Waals surface area (Å²) in [6, 6.07) is 14.0. The Morgan fingerprint density at radius 3 is 2.36 bits per heavy atom. The first-order valence-corrected chi connectivity index (χ1v) is 15.5. The molecule has 186 valence electrons. The summed E-state index contributed by atoms with van der Waals surface area (Å²) in [5.74, 6) is 0.991. The maximum Gasteiger partial charge on any atom is 0.324 e. The number of halogens is 3. The molecule has 0 fully saturated rings. The first kappa shape index (κ1) is 26.0. The van der Waals surface area contributed by atoms with Crippen molar-refractivity contribution in [3.63, 3.8) is 0 Å². The molecule has 2 aromatic carbocycles. The minimum absolute atomic E-state index is 0.0341. The Hall–Kier alpha value is -3.11. The number of carbonyl (C=O) groups is 1. The number of nitrogens with zero attached hydrogens (tertiary/aromatic N) is 4. The predicted octanol–water partition coefficient (Wildman–Crippen LogP) is 6.91. The summed E-state index contributed by atoms with van der Waals surface area (Å²) < 4.78 is 7.37. The van der Waals surface area contributed by atoms with Gasteiger partial charge in [-0.1, -0.05) is 60.5 Å². The molecule has 0 aliphatic rings. The van der Waals surface area contributed by atoms with Crippen LogP contribution in [-0.2, 0) is 0 Å². The van der Waals surface area contributed by atoms with E-state index < -0.39 is 14.1 Å². The number of aromatic nitrogens is 4. The van der Waals surface area contributed by atoms with Crippen LogP contribution in [-0.4, -0.2) is 33.9 Å². The Morgan fingerprint density at radius 2 is 1.69 bits per heavy atom. The van der Waals surface area contributed by atoms with Crippen LogP contribution >= 0.6 is 34.8 Å². The topological polar surface area (TPSA) is 94.0 Å². The number of nitrogens with one attached hydrogen (secondary N) is 2. The van der Waals surface area contributed by atoms with Crippen LogP contribution in [0.3, 0.4) is 0 Å². The molecule has 2 heterocycles. The second kappa shape index (κ2) is 10.5.